The van der Waals surface area contributed by atoms with Crippen LogP contribution in [0.4, 0.5) is 4.79 Å². The van der Waals surface area contributed by atoms with E-state index in [1.165, 1.54) is 0 Å². The lowest BCUT2D eigenvalue weighted by Crippen LogP contribution is -2.41. The van der Waals surface area contributed by atoms with Gasteiger partial charge in [0.15, 0.2) is 0 Å². The zero-order valence-electron chi connectivity index (χ0n) is 18.5. The fraction of sp³-hybridized carbons (Fsp3) is 0.810. The van der Waals surface area contributed by atoms with E-state index < -0.39 is 0 Å². The van der Waals surface area contributed by atoms with Crippen molar-refractivity contribution in [3.63, 3.8) is 0 Å². The third-order valence-corrected chi connectivity index (χ3v) is 6.41. The monoisotopic (exact) mass is 422 g/mol. The van der Waals surface area contributed by atoms with Crippen LogP contribution in [0, 0.1) is 17.8 Å². The average Bonchev–Trinajstić information content (AvgIpc) is 3.26. The van der Waals surface area contributed by atoms with E-state index in [1.54, 1.807) is 13.3 Å². The molecule has 0 bridgehead atoms. The molecule has 0 radical (unpaired) electrons. The molecule has 0 aromatic carbocycles. The third-order valence-electron chi connectivity index (χ3n) is 6.41. The van der Waals surface area contributed by atoms with Crippen LogP contribution in [0.25, 0.3) is 0 Å². The van der Waals surface area contributed by atoms with Crippen molar-refractivity contribution < 1.29 is 14.4 Å². The summed E-state index contributed by atoms with van der Waals surface area (Å²) < 4.78 is 0. The summed E-state index contributed by atoms with van der Waals surface area (Å²) in [6.07, 6.45) is 8.65. The molecule has 0 aliphatic heterocycles. The number of nitrogens with one attached hydrogen (secondary N) is 5. The molecule has 2 aliphatic rings. The Morgan fingerprint density at radius 1 is 1.00 bits per heavy atom. The van der Waals surface area contributed by atoms with Gasteiger partial charge in [0.1, 0.15) is 0 Å². The van der Waals surface area contributed by atoms with Crippen LogP contribution in [0.1, 0.15) is 58.3 Å². The molecule has 2 fully saturated rings. The smallest absolute Gasteiger partial charge is 0.335 e. The molecule has 3 atom stereocenters. The number of nitrogens with zero attached hydrogens (tertiary/aromatic N) is 1. The SMILES string of the molecule is CC[C@@H](/C=N/NC(=O)NC[C@H]1CC[C@H](C(=O)NC)CC1)NC(=O)[C@H]1CC[C@H](NC)C1. The summed E-state index contributed by atoms with van der Waals surface area (Å²) in [4.78, 5) is 36.1. The standard InChI is InChI=1S/C21H38N6O3/c1-4-17(26-20(29)16-9-10-18(11-16)22-2)13-25-27-21(30)24-12-14-5-7-15(8-6-14)19(28)23-3/h13-18,22H,4-12H2,1-3H3,(H,23,28)(H,26,29)(H2,24,27,30)/b25-13+/t14-,15-,16-,17-,18-/m0/s1. The number of carbonyl (C=O) groups excluding carboxylic acids is 3. The summed E-state index contributed by atoms with van der Waals surface area (Å²) in [7, 11) is 3.60. The molecular weight excluding hydrogens is 384 g/mol. The fourth-order valence-corrected chi connectivity index (χ4v) is 4.32. The maximum absolute atomic E-state index is 12.4. The van der Waals surface area contributed by atoms with E-state index in [-0.39, 0.29) is 35.7 Å². The molecule has 2 aliphatic carbocycles. The van der Waals surface area contributed by atoms with Crippen molar-refractivity contribution in [2.75, 3.05) is 20.6 Å². The van der Waals surface area contributed by atoms with Gasteiger partial charge in [0.05, 0.1) is 6.04 Å². The minimum Gasteiger partial charge on any atom is -0.359 e. The van der Waals surface area contributed by atoms with Crippen molar-refractivity contribution >= 4 is 24.1 Å². The summed E-state index contributed by atoms with van der Waals surface area (Å²) in [5, 5.41) is 15.8. The molecule has 9 heteroatoms. The number of hydrogen-bond donors (Lipinski definition) is 5. The second kappa shape index (κ2) is 12.5. The first kappa shape index (κ1) is 24.1. The Morgan fingerprint density at radius 3 is 2.30 bits per heavy atom. The lowest BCUT2D eigenvalue weighted by molar-refractivity contribution is -0.126. The maximum atomic E-state index is 12.4. The number of hydrazone groups is 1. The molecule has 0 unspecified atom stereocenters. The first-order valence-electron chi connectivity index (χ1n) is 11.2. The van der Waals surface area contributed by atoms with E-state index in [2.05, 4.69) is 31.8 Å². The summed E-state index contributed by atoms with van der Waals surface area (Å²) >= 11 is 0. The van der Waals surface area contributed by atoms with Gasteiger partial charge in [-0.3, -0.25) is 9.59 Å². The molecule has 30 heavy (non-hydrogen) atoms. The van der Waals surface area contributed by atoms with Gasteiger partial charge in [0, 0.05) is 37.7 Å². The topological polar surface area (TPSA) is 124 Å². The van der Waals surface area contributed by atoms with Crippen molar-refractivity contribution in [2.45, 2.75) is 70.4 Å². The van der Waals surface area contributed by atoms with E-state index >= 15 is 0 Å². The van der Waals surface area contributed by atoms with Gasteiger partial charge in [-0.1, -0.05) is 6.92 Å². The van der Waals surface area contributed by atoms with E-state index in [1.807, 2.05) is 14.0 Å². The summed E-state index contributed by atoms with van der Waals surface area (Å²) in [5.74, 6) is 0.693. The molecular formula is C21H38N6O3. The number of hydrogen-bond acceptors (Lipinski definition) is 5. The Morgan fingerprint density at radius 2 is 1.70 bits per heavy atom. The van der Waals surface area contributed by atoms with Crippen molar-refractivity contribution in [3.8, 4) is 0 Å². The molecule has 9 nitrogen and oxygen atoms in total. The van der Waals surface area contributed by atoms with Gasteiger partial charge >= 0.3 is 6.03 Å². The minimum absolute atomic E-state index is 0.0413. The number of rotatable bonds is 9. The Balaban J connectivity index is 1.64. The predicted molar refractivity (Wildman–Crippen MR) is 117 cm³/mol. The maximum Gasteiger partial charge on any atom is 0.335 e. The highest BCUT2D eigenvalue weighted by atomic mass is 16.2. The normalized spacial score (nSPS) is 27.4. The van der Waals surface area contributed by atoms with Crippen molar-refractivity contribution in [1.29, 1.82) is 0 Å². The molecule has 2 rings (SSSR count). The quantitative estimate of drug-likeness (QED) is 0.282. The van der Waals surface area contributed by atoms with Gasteiger partial charge in [-0.15, -0.1) is 0 Å². The highest BCUT2D eigenvalue weighted by Crippen LogP contribution is 2.28. The Hall–Kier alpha value is -2.16. The first-order valence-corrected chi connectivity index (χ1v) is 11.2. The first-order chi connectivity index (χ1) is 14.5. The van der Waals surface area contributed by atoms with Crippen LogP contribution < -0.4 is 26.7 Å². The van der Waals surface area contributed by atoms with Crippen molar-refractivity contribution in [2.24, 2.45) is 22.9 Å². The summed E-state index contributed by atoms with van der Waals surface area (Å²) in [5.41, 5.74) is 2.48. The van der Waals surface area contributed by atoms with Crippen LogP contribution in [-0.4, -0.2) is 56.8 Å². The van der Waals surface area contributed by atoms with E-state index in [0.29, 0.717) is 24.9 Å². The van der Waals surface area contributed by atoms with Gasteiger partial charge in [-0.05, 0) is 64.3 Å². The van der Waals surface area contributed by atoms with Crippen molar-refractivity contribution in [1.82, 2.24) is 26.7 Å². The van der Waals surface area contributed by atoms with E-state index in [0.717, 1.165) is 44.9 Å². The van der Waals surface area contributed by atoms with Gasteiger partial charge in [0.25, 0.3) is 0 Å². The predicted octanol–water partition coefficient (Wildman–Crippen LogP) is 1.11. The lowest BCUT2D eigenvalue weighted by Gasteiger charge is -2.27. The zero-order chi connectivity index (χ0) is 21.9. The Kier molecular flexibility index (Phi) is 10.1. The average molecular weight is 423 g/mol. The highest BCUT2D eigenvalue weighted by Gasteiger charge is 2.29. The van der Waals surface area contributed by atoms with Crippen LogP contribution in [0.5, 0.6) is 0 Å². The largest absolute Gasteiger partial charge is 0.359 e. The molecule has 0 saturated heterocycles. The summed E-state index contributed by atoms with van der Waals surface area (Å²) in [6, 6.07) is -0.140. The zero-order valence-corrected chi connectivity index (χ0v) is 18.5. The van der Waals surface area contributed by atoms with Gasteiger partial charge in [-0.2, -0.15) is 5.10 Å². The lowest BCUT2D eigenvalue weighted by atomic mass is 9.81. The molecule has 5 N–H and O–H groups in total. The number of carbonyl (C=O) groups is 3. The molecule has 0 heterocycles. The molecule has 0 aromatic rings. The summed E-state index contributed by atoms with van der Waals surface area (Å²) in [6.45, 7) is 2.54. The highest BCUT2D eigenvalue weighted by molar-refractivity contribution is 5.83. The van der Waals surface area contributed by atoms with Crippen LogP contribution in [-0.2, 0) is 9.59 Å². The second-order valence-corrected chi connectivity index (χ2v) is 8.45. The minimum atomic E-state index is -0.353. The van der Waals surface area contributed by atoms with Crippen molar-refractivity contribution in [3.05, 3.63) is 0 Å². The number of urea groups is 1. The number of amides is 4. The van der Waals surface area contributed by atoms with Gasteiger partial charge in [0.2, 0.25) is 11.8 Å². The molecule has 170 valence electrons. The van der Waals surface area contributed by atoms with Gasteiger partial charge in [-0.25, -0.2) is 10.2 Å². The fourth-order valence-electron chi connectivity index (χ4n) is 4.32. The van der Waals surface area contributed by atoms with Crippen LogP contribution in [0.2, 0.25) is 0 Å². The van der Waals surface area contributed by atoms with Crippen LogP contribution >= 0.6 is 0 Å². The Labute approximate surface area is 179 Å². The molecule has 0 spiro atoms. The Bertz CT molecular complexity index is 604. The van der Waals surface area contributed by atoms with E-state index in [9.17, 15) is 14.4 Å². The molecule has 0 aromatic heterocycles. The van der Waals surface area contributed by atoms with E-state index in [4.69, 9.17) is 0 Å². The second-order valence-electron chi connectivity index (χ2n) is 8.45. The van der Waals surface area contributed by atoms with Crippen LogP contribution in [0.3, 0.4) is 0 Å². The third kappa shape index (κ3) is 7.59. The molecule has 2 saturated carbocycles. The van der Waals surface area contributed by atoms with Gasteiger partial charge < -0.3 is 21.3 Å². The molecule has 4 amide bonds. The van der Waals surface area contributed by atoms with Crippen LogP contribution in [0.15, 0.2) is 5.10 Å².